The van der Waals surface area contributed by atoms with E-state index in [1.807, 2.05) is 20.0 Å². The number of carbonyl (C=O) groups excluding carboxylic acids is 2. The van der Waals surface area contributed by atoms with Crippen LogP contribution >= 0.6 is 23.5 Å². The number of ketones is 1. The predicted octanol–water partition coefficient (Wildman–Crippen LogP) is 5.72. The molecule has 1 aliphatic heterocycles. The third-order valence-corrected chi connectivity index (χ3v) is 8.39. The summed E-state index contributed by atoms with van der Waals surface area (Å²) in [6.07, 6.45) is 2.18. The maximum absolute atomic E-state index is 13.6. The van der Waals surface area contributed by atoms with Gasteiger partial charge in [-0.1, -0.05) is 11.6 Å². The van der Waals surface area contributed by atoms with Gasteiger partial charge in [0, 0.05) is 48.5 Å². The van der Waals surface area contributed by atoms with E-state index in [4.69, 9.17) is 21.1 Å². The second-order valence-corrected chi connectivity index (χ2v) is 11.1. The lowest BCUT2D eigenvalue weighted by Gasteiger charge is -2.37. The molecule has 2 heterocycles. The van der Waals surface area contributed by atoms with Crippen molar-refractivity contribution in [2.75, 3.05) is 33.9 Å². The zero-order valence-electron chi connectivity index (χ0n) is 21.1. The minimum Gasteiger partial charge on any atom is -0.496 e. The van der Waals surface area contributed by atoms with E-state index < -0.39 is 5.97 Å². The van der Waals surface area contributed by atoms with Gasteiger partial charge in [0.1, 0.15) is 5.75 Å². The van der Waals surface area contributed by atoms with Gasteiger partial charge >= 0.3 is 5.97 Å². The summed E-state index contributed by atoms with van der Waals surface area (Å²) in [5.74, 6) is -0.206. The third kappa shape index (κ3) is 6.00. The van der Waals surface area contributed by atoms with Crippen LogP contribution in [0.15, 0.2) is 41.0 Å². The largest absolute Gasteiger partial charge is 0.496 e. The highest BCUT2D eigenvalue weighted by Crippen LogP contribution is 2.40. The van der Waals surface area contributed by atoms with E-state index in [2.05, 4.69) is 14.5 Å². The summed E-state index contributed by atoms with van der Waals surface area (Å²) in [4.78, 5) is 43.0. The molecule has 196 valence electrons. The summed E-state index contributed by atoms with van der Waals surface area (Å²) < 4.78 is 13.9. The number of fused-ring (bicyclic) bond motifs is 1. The Hall–Kier alpha value is -2.88. The zero-order chi connectivity index (χ0) is 26.6. The van der Waals surface area contributed by atoms with E-state index in [1.165, 1.54) is 7.11 Å². The lowest BCUT2D eigenvalue weighted by Crippen LogP contribution is -2.41. The number of piperidine rings is 1. The fourth-order valence-corrected chi connectivity index (χ4v) is 5.69. The quantitative estimate of drug-likeness (QED) is 0.151. The highest BCUT2D eigenvalue weighted by molar-refractivity contribution is 7.99. The van der Waals surface area contributed by atoms with Crippen molar-refractivity contribution in [1.82, 2.24) is 9.88 Å². The molecule has 0 spiro atoms. The van der Waals surface area contributed by atoms with Crippen LogP contribution in [-0.2, 0) is 16.0 Å². The Morgan fingerprint density at radius 1 is 1.16 bits per heavy atom. The molecule has 0 amide bonds. The van der Waals surface area contributed by atoms with Gasteiger partial charge in [0.2, 0.25) is 0 Å². The molecule has 2 aromatic carbocycles. The Balaban J connectivity index is 1.56. The van der Waals surface area contributed by atoms with E-state index in [0.717, 1.165) is 49.1 Å². The summed E-state index contributed by atoms with van der Waals surface area (Å²) in [5.41, 5.74) is 3.05. The molecular weight excluding hydrogens is 514 g/mol. The molecule has 3 aromatic rings. The second kappa shape index (κ2) is 11.7. The van der Waals surface area contributed by atoms with Crippen LogP contribution in [0.1, 0.15) is 46.4 Å². The number of ether oxygens (including phenoxy) is 2. The van der Waals surface area contributed by atoms with Crippen LogP contribution in [-0.4, -0.2) is 60.2 Å². The number of aryl methyl sites for hydroxylation is 1. The molecule has 0 saturated carbocycles. The van der Waals surface area contributed by atoms with Crippen molar-refractivity contribution in [2.24, 2.45) is 4.58 Å². The molecule has 8 nitrogen and oxygen atoms in total. The third-order valence-electron chi connectivity index (χ3n) is 7.07. The van der Waals surface area contributed by atoms with Gasteiger partial charge in [-0.2, -0.15) is 0 Å². The Bertz CT molecular complexity index is 1300. The molecule has 1 fully saturated rings. The van der Waals surface area contributed by atoms with Crippen LogP contribution in [0, 0.1) is 11.8 Å². The number of halogens is 1. The SMILES string of the molecule is COc1ccc2[nH]c(C)c(CC(=O)OCCC3(SN=O)CCN(C)CC3)c2c1C(=O)c1ccc(Cl)cc1. The highest BCUT2D eigenvalue weighted by atomic mass is 35.5. The number of aromatic amines is 1. The van der Waals surface area contributed by atoms with E-state index in [1.54, 1.807) is 30.3 Å². The number of nitroso groups, excluding NO2 is 1. The van der Waals surface area contributed by atoms with Crippen LogP contribution in [0.3, 0.4) is 0 Å². The number of carbonyl (C=O) groups is 2. The number of nitrogens with one attached hydrogen (secondary N) is 1. The first-order chi connectivity index (χ1) is 17.8. The van der Waals surface area contributed by atoms with Crippen molar-refractivity contribution in [3.8, 4) is 5.75 Å². The molecule has 4 rings (SSSR count). The maximum Gasteiger partial charge on any atom is 0.310 e. The second-order valence-electron chi connectivity index (χ2n) is 9.43. The normalized spacial score (nSPS) is 15.5. The van der Waals surface area contributed by atoms with E-state index in [0.29, 0.717) is 39.3 Å². The Morgan fingerprint density at radius 2 is 1.86 bits per heavy atom. The number of hydrogen-bond acceptors (Lipinski definition) is 8. The molecule has 1 aromatic heterocycles. The molecular formula is C27H30ClN3O5S. The lowest BCUT2D eigenvalue weighted by atomic mass is 9.93. The van der Waals surface area contributed by atoms with Gasteiger partial charge in [0.15, 0.2) is 5.78 Å². The van der Waals surface area contributed by atoms with Gasteiger partial charge in [-0.05, 0) is 88.3 Å². The van der Waals surface area contributed by atoms with Crippen molar-refractivity contribution < 1.29 is 19.1 Å². The molecule has 0 aliphatic carbocycles. The number of H-pyrrole nitrogens is 1. The average Bonchev–Trinajstić information content (AvgIpc) is 3.20. The smallest absolute Gasteiger partial charge is 0.310 e. The summed E-state index contributed by atoms with van der Waals surface area (Å²) in [7, 11) is 3.56. The fourth-order valence-electron chi connectivity index (χ4n) is 4.87. The number of likely N-dealkylation sites (tertiary alicyclic amines) is 1. The molecule has 0 radical (unpaired) electrons. The minimum atomic E-state index is -0.399. The molecule has 0 bridgehead atoms. The summed E-state index contributed by atoms with van der Waals surface area (Å²) in [5, 5.41) is 1.17. The monoisotopic (exact) mass is 543 g/mol. The van der Waals surface area contributed by atoms with Gasteiger partial charge in [-0.25, -0.2) is 0 Å². The number of benzene rings is 2. The lowest BCUT2D eigenvalue weighted by molar-refractivity contribution is -0.143. The topological polar surface area (TPSA) is 101 Å². The first kappa shape index (κ1) is 27.2. The van der Waals surface area contributed by atoms with Crippen molar-refractivity contribution in [3.05, 3.63) is 68.7 Å². The molecule has 1 aliphatic rings. The molecule has 1 saturated heterocycles. The highest BCUT2D eigenvalue weighted by Gasteiger charge is 2.36. The molecule has 0 unspecified atom stereocenters. The van der Waals surface area contributed by atoms with Gasteiger partial charge < -0.3 is 19.4 Å². The Labute approximate surface area is 225 Å². The predicted molar refractivity (Wildman–Crippen MR) is 147 cm³/mol. The van der Waals surface area contributed by atoms with Crippen molar-refractivity contribution in [2.45, 2.75) is 37.4 Å². The van der Waals surface area contributed by atoms with Gasteiger partial charge in [0.25, 0.3) is 0 Å². The number of esters is 1. The summed E-state index contributed by atoms with van der Waals surface area (Å²) in [6, 6.07) is 10.2. The van der Waals surface area contributed by atoms with Gasteiger partial charge in [-0.3, -0.25) is 9.59 Å². The number of rotatable bonds is 10. The first-order valence-corrected chi connectivity index (χ1v) is 13.3. The molecule has 1 N–H and O–H groups in total. The van der Waals surface area contributed by atoms with Crippen molar-refractivity contribution in [1.29, 1.82) is 0 Å². The van der Waals surface area contributed by atoms with E-state index in [-0.39, 0.29) is 23.6 Å². The van der Waals surface area contributed by atoms with Crippen molar-refractivity contribution >= 4 is 46.2 Å². The van der Waals surface area contributed by atoms with Crippen LogP contribution in [0.25, 0.3) is 10.9 Å². The number of nitrogens with zero attached hydrogens (tertiary/aromatic N) is 2. The van der Waals surface area contributed by atoms with Crippen LogP contribution in [0.4, 0.5) is 0 Å². The van der Waals surface area contributed by atoms with E-state index >= 15 is 0 Å². The van der Waals surface area contributed by atoms with Crippen LogP contribution in [0.5, 0.6) is 5.75 Å². The van der Waals surface area contributed by atoms with Gasteiger partial charge in [0.05, 0.1) is 25.7 Å². The Morgan fingerprint density at radius 3 is 2.51 bits per heavy atom. The van der Waals surface area contributed by atoms with Gasteiger partial charge in [-0.15, -0.1) is 4.91 Å². The van der Waals surface area contributed by atoms with E-state index in [9.17, 15) is 14.5 Å². The average molecular weight is 544 g/mol. The van der Waals surface area contributed by atoms with Crippen LogP contribution in [0.2, 0.25) is 5.02 Å². The number of methoxy groups -OCH3 is 1. The maximum atomic E-state index is 13.6. The summed E-state index contributed by atoms with van der Waals surface area (Å²) in [6.45, 7) is 3.81. The summed E-state index contributed by atoms with van der Waals surface area (Å²) >= 11 is 7.07. The zero-order valence-corrected chi connectivity index (χ0v) is 22.7. The molecule has 0 atom stereocenters. The number of hydrogen-bond donors (Lipinski definition) is 1. The van der Waals surface area contributed by atoms with Crippen LogP contribution < -0.4 is 4.74 Å². The first-order valence-electron chi connectivity index (χ1n) is 12.1. The molecule has 37 heavy (non-hydrogen) atoms. The standard InChI is InChI=1S/C27H30ClN3O5S/c1-17-20(16-23(32)36-15-12-27(37-30-34)10-13-31(2)14-11-27)24-21(29-17)8-9-22(35-3)25(24)26(33)18-4-6-19(28)7-5-18/h4-9,29H,10-16H2,1-3H3. The van der Waals surface area contributed by atoms with Crippen molar-refractivity contribution in [3.63, 3.8) is 0 Å². The minimum absolute atomic E-state index is 0.00525. The fraction of sp³-hybridized carbons (Fsp3) is 0.407. The Kier molecular flexibility index (Phi) is 8.56. The molecule has 10 heteroatoms. The number of aromatic nitrogens is 1.